The second kappa shape index (κ2) is 6.76. The first kappa shape index (κ1) is 16.1. The molecule has 0 radical (unpaired) electrons. The van der Waals surface area contributed by atoms with Gasteiger partial charge >= 0.3 is 0 Å². The highest BCUT2D eigenvalue weighted by Gasteiger charge is 2.19. The molecule has 0 saturated carbocycles. The standard InChI is InChI=1S/C15H19FN4O2S/c16-12-2-5-14(6-3-12)23(21,22)9-1-8-17-13-4-7-15-18-11-19-20(15)10-13/h2-3,5-6,11,13,17H,1,4,7-10H2/t13-/m1/s1. The summed E-state index contributed by atoms with van der Waals surface area (Å²) in [5.41, 5.74) is 0. The molecule has 0 fully saturated rings. The Balaban J connectivity index is 1.46. The highest BCUT2D eigenvalue weighted by atomic mass is 32.2. The van der Waals surface area contributed by atoms with Crippen LogP contribution in [0.3, 0.4) is 0 Å². The Bertz CT molecular complexity index is 758. The monoisotopic (exact) mass is 338 g/mol. The van der Waals surface area contributed by atoms with Gasteiger partial charge in [-0.25, -0.2) is 22.5 Å². The molecule has 2 aromatic rings. The molecule has 1 N–H and O–H groups in total. The number of aromatic nitrogens is 3. The number of hydrogen-bond acceptors (Lipinski definition) is 5. The second-order valence-electron chi connectivity index (χ2n) is 5.67. The van der Waals surface area contributed by atoms with E-state index in [0.717, 1.165) is 25.2 Å². The zero-order valence-corrected chi connectivity index (χ0v) is 13.5. The molecule has 0 unspecified atom stereocenters. The number of nitrogens with one attached hydrogen (secondary N) is 1. The summed E-state index contributed by atoms with van der Waals surface area (Å²) in [4.78, 5) is 4.35. The first-order valence-corrected chi connectivity index (χ1v) is 9.28. The van der Waals surface area contributed by atoms with Crippen molar-refractivity contribution in [2.75, 3.05) is 12.3 Å². The fourth-order valence-electron chi connectivity index (χ4n) is 2.73. The lowest BCUT2D eigenvalue weighted by atomic mass is 10.1. The van der Waals surface area contributed by atoms with Gasteiger partial charge in [0.15, 0.2) is 9.84 Å². The molecule has 2 heterocycles. The predicted molar refractivity (Wildman–Crippen MR) is 83.2 cm³/mol. The molecule has 0 saturated heterocycles. The molecule has 1 aromatic heterocycles. The zero-order valence-electron chi connectivity index (χ0n) is 12.7. The summed E-state index contributed by atoms with van der Waals surface area (Å²) in [6.45, 7) is 1.38. The molecule has 8 heteroatoms. The van der Waals surface area contributed by atoms with Crippen molar-refractivity contribution in [2.45, 2.75) is 36.7 Å². The van der Waals surface area contributed by atoms with E-state index >= 15 is 0 Å². The highest BCUT2D eigenvalue weighted by molar-refractivity contribution is 7.91. The summed E-state index contributed by atoms with van der Waals surface area (Å²) in [7, 11) is -3.35. The number of aryl methyl sites for hydroxylation is 1. The van der Waals surface area contributed by atoms with Gasteiger partial charge in [0.25, 0.3) is 0 Å². The van der Waals surface area contributed by atoms with Gasteiger partial charge in [-0.1, -0.05) is 0 Å². The summed E-state index contributed by atoms with van der Waals surface area (Å²) < 4.78 is 39.0. The van der Waals surface area contributed by atoms with E-state index in [1.54, 1.807) is 6.33 Å². The number of halogens is 1. The van der Waals surface area contributed by atoms with E-state index in [-0.39, 0.29) is 16.7 Å². The van der Waals surface area contributed by atoms with Crippen molar-refractivity contribution in [1.29, 1.82) is 0 Å². The normalized spacial score (nSPS) is 17.9. The topological polar surface area (TPSA) is 76.9 Å². The highest BCUT2D eigenvalue weighted by Crippen LogP contribution is 2.14. The van der Waals surface area contributed by atoms with E-state index in [1.807, 2.05) is 4.68 Å². The fourth-order valence-corrected chi connectivity index (χ4v) is 4.04. The van der Waals surface area contributed by atoms with Crippen molar-refractivity contribution in [2.24, 2.45) is 0 Å². The van der Waals surface area contributed by atoms with Crippen LogP contribution in [0.15, 0.2) is 35.5 Å². The third-order valence-corrected chi connectivity index (χ3v) is 5.82. The van der Waals surface area contributed by atoms with E-state index < -0.39 is 15.7 Å². The maximum atomic E-state index is 12.9. The number of fused-ring (bicyclic) bond motifs is 1. The summed E-state index contributed by atoms with van der Waals surface area (Å²) in [5, 5.41) is 7.53. The molecule has 0 amide bonds. The molecule has 23 heavy (non-hydrogen) atoms. The van der Waals surface area contributed by atoms with Crippen molar-refractivity contribution in [3.05, 3.63) is 42.2 Å². The molecule has 1 aromatic carbocycles. The minimum Gasteiger partial charge on any atom is -0.312 e. The van der Waals surface area contributed by atoms with Gasteiger partial charge in [-0.05, 0) is 43.7 Å². The van der Waals surface area contributed by atoms with Gasteiger partial charge in [0.05, 0.1) is 17.2 Å². The molecular formula is C15H19FN4O2S. The summed E-state index contributed by atoms with van der Waals surface area (Å²) >= 11 is 0. The van der Waals surface area contributed by atoms with Crippen molar-refractivity contribution in [3.63, 3.8) is 0 Å². The van der Waals surface area contributed by atoms with Crippen molar-refractivity contribution in [3.8, 4) is 0 Å². The van der Waals surface area contributed by atoms with Gasteiger partial charge in [-0.3, -0.25) is 0 Å². The Labute approximate surface area is 134 Å². The van der Waals surface area contributed by atoms with E-state index in [0.29, 0.717) is 13.0 Å². The Morgan fingerprint density at radius 2 is 2.09 bits per heavy atom. The molecule has 0 spiro atoms. The van der Waals surface area contributed by atoms with Crippen LogP contribution >= 0.6 is 0 Å². The van der Waals surface area contributed by atoms with E-state index in [2.05, 4.69) is 15.4 Å². The fraction of sp³-hybridized carbons (Fsp3) is 0.467. The van der Waals surface area contributed by atoms with Crippen LogP contribution in [0, 0.1) is 5.82 Å². The van der Waals surface area contributed by atoms with Crippen LogP contribution in [0.4, 0.5) is 4.39 Å². The lowest BCUT2D eigenvalue weighted by molar-refractivity contribution is 0.360. The summed E-state index contributed by atoms with van der Waals surface area (Å²) in [6, 6.07) is 5.25. The predicted octanol–water partition coefficient (Wildman–Crippen LogP) is 1.19. The maximum Gasteiger partial charge on any atom is 0.178 e. The van der Waals surface area contributed by atoms with Gasteiger partial charge in [0, 0.05) is 12.5 Å². The molecule has 3 rings (SSSR count). The molecule has 1 atom stereocenters. The number of rotatable bonds is 6. The number of sulfone groups is 1. The van der Waals surface area contributed by atoms with Crippen LogP contribution in [0.2, 0.25) is 0 Å². The van der Waals surface area contributed by atoms with E-state index in [1.165, 1.54) is 24.3 Å². The average molecular weight is 338 g/mol. The van der Waals surface area contributed by atoms with Gasteiger partial charge in [0.1, 0.15) is 18.0 Å². The van der Waals surface area contributed by atoms with Crippen LogP contribution in [0.1, 0.15) is 18.7 Å². The third-order valence-electron chi connectivity index (χ3n) is 4.00. The average Bonchev–Trinajstić information content (AvgIpc) is 3.00. The van der Waals surface area contributed by atoms with Crippen molar-refractivity contribution in [1.82, 2.24) is 20.1 Å². The maximum absolute atomic E-state index is 12.9. The lowest BCUT2D eigenvalue weighted by Gasteiger charge is -2.23. The Hall–Kier alpha value is -1.80. The van der Waals surface area contributed by atoms with E-state index in [4.69, 9.17) is 0 Å². The smallest absolute Gasteiger partial charge is 0.178 e. The van der Waals surface area contributed by atoms with E-state index in [9.17, 15) is 12.8 Å². The molecule has 1 aliphatic rings. The van der Waals surface area contributed by atoms with Crippen LogP contribution in [0.5, 0.6) is 0 Å². The van der Waals surface area contributed by atoms with Crippen LogP contribution in [-0.2, 0) is 22.8 Å². The Morgan fingerprint density at radius 1 is 1.30 bits per heavy atom. The molecule has 1 aliphatic heterocycles. The summed E-state index contributed by atoms with van der Waals surface area (Å²) in [5.74, 6) is 0.616. The largest absolute Gasteiger partial charge is 0.312 e. The molecule has 0 bridgehead atoms. The zero-order chi connectivity index (χ0) is 16.3. The molecule has 6 nitrogen and oxygen atoms in total. The van der Waals surface area contributed by atoms with Crippen LogP contribution in [0.25, 0.3) is 0 Å². The first-order chi connectivity index (χ1) is 11.0. The second-order valence-corrected chi connectivity index (χ2v) is 7.78. The van der Waals surface area contributed by atoms with Crippen LogP contribution < -0.4 is 5.32 Å². The van der Waals surface area contributed by atoms with Crippen molar-refractivity contribution >= 4 is 9.84 Å². The minimum absolute atomic E-state index is 0.0485. The summed E-state index contributed by atoms with van der Waals surface area (Å²) in [6.07, 6.45) is 3.93. The molecular weight excluding hydrogens is 319 g/mol. The third kappa shape index (κ3) is 3.94. The van der Waals surface area contributed by atoms with Gasteiger partial charge in [-0.15, -0.1) is 0 Å². The first-order valence-electron chi connectivity index (χ1n) is 7.63. The molecule has 0 aliphatic carbocycles. The number of benzene rings is 1. The number of nitrogens with zero attached hydrogens (tertiary/aromatic N) is 3. The molecule has 124 valence electrons. The SMILES string of the molecule is O=S(=O)(CCCN[C@@H]1CCc2ncnn2C1)c1ccc(F)cc1. The number of hydrogen-bond donors (Lipinski definition) is 1. The lowest BCUT2D eigenvalue weighted by Crippen LogP contribution is -2.38. The Morgan fingerprint density at radius 3 is 2.87 bits per heavy atom. The minimum atomic E-state index is -3.35. The Kier molecular flexibility index (Phi) is 4.72. The van der Waals surface area contributed by atoms with Gasteiger partial charge in [-0.2, -0.15) is 5.10 Å². The quantitative estimate of drug-likeness (QED) is 0.632. The van der Waals surface area contributed by atoms with Crippen molar-refractivity contribution < 1.29 is 12.8 Å². The van der Waals surface area contributed by atoms with Crippen LogP contribution in [-0.4, -0.2) is 41.5 Å². The van der Waals surface area contributed by atoms with Gasteiger partial charge in [0.2, 0.25) is 0 Å². The van der Waals surface area contributed by atoms with Gasteiger partial charge < -0.3 is 5.32 Å².